The van der Waals surface area contributed by atoms with Crippen LogP contribution in [-0.4, -0.2) is 37.1 Å². The molecule has 0 fully saturated rings. The molecule has 1 aromatic carbocycles. The Hall–Kier alpha value is -2.19. The van der Waals surface area contributed by atoms with Crippen LogP contribution in [0.15, 0.2) is 47.9 Å². The lowest BCUT2D eigenvalue weighted by atomic mass is 10.2. The zero-order valence-electron chi connectivity index (χ0n) is 12.3. The Morgan fingerprint density at radius 1 is 1.36 bits per heavy atom. The van der Waals surface area contributed by atoms with Crippen LogP contribution >= 0.6 is 0 Å². The molecule has 0 aliphatic heterocycles. The molecule has 0 spiro atoms. The molecule has 0 aliphatic carbocycles. The second-order valence-corrected chi connectivity index (χ2v) is 6.51. The molecule has 0 saturated carbocycles. The molecule has 0 bridgehead atoms. The summed E-state index contributed by atoms with van der Waals surface area (Å²) < 4.78 is 33.5. The van der Waals surface area contributed by atoms with Gasteiger partial charge >= 0.3 is 5.97 Å². The average molecular weight is 323 g/mol. The average Bonchev–Trinajstić information content (AvgIpc) is 2.98. The molecular weight excluding hydrogens is 306 g/mol. The van der Waals surface area contributed by atoms with E-state index in [1.807, 2.05) is 0 Å². The molecule has 1 heterocycles. The highest BCUT2D eigenvalue weighted by Crippen LogP contribution is 2.12. The summed E-state index contributed by atoms with van der Waals surface area (Å²) in [7, 11) is -2.38. The fourth-order valence-electron chi connectivity index (χ4n) is 1.97. The van der Waals surface area contributed by atoms with Gasteiger partial charge in [0.15, 0.2) is 0 Å². The number of sulfonamides is 1. The van der Waals surface area contributed by atoms with E-state index in [1.165, 1.54) is 31.4 Å². The molecule has 0 radical (unpaired) electrons. The van der Waals surface area contributed by atoms with Crippen molar-refractivity contribution >= 4 is 16.0 Å². The maximum absolute atomic E-state index is 12.3. The van der Waals surface area contributed by atoms with Crippen molar-refractivity contribution in [3.63, 3.8) is 0 Å². The number of imidazole rings is 1. The Labute approximate surface area is 129 Å². The van der Waals surface area contributed by atoms with E-state index in [2.05, 4.69) is 14.4 Å². The molecule has 0 unspecified atom stereocenters. The van der Waals surface area contributed by atoms with Crippen molar-refractivity contribution in [3.8, 4) is 0 Å². The minimum absolute atomic E-state index is 0.0950. The second-order valence-electron chi connectivity index (χ2n) is 4.80. The molecule has 0 aliphatic rings. The molecule has 8 heteroatoms. The third-order valence-corrected chi connectivity index (χ3v) is 4.59. The monoisotopic (exact) mass is 323 g/mol. The highest BCUT2D eigenvalue weighted by atomic mass is 32.2. The third-order valence-electron chi connectivity index (χ3n) is 2.99. The lowest BCUT2D eigenvalue weighted by Crippen LogP contribution is -2.35. The number of hydrogen-bond donors (Lipinski definition) is 1. The van der Waals surface area contributed by atoms with E-state index >= 15 is 0 Å². The second kappa shape index (κ2) is 6.71. The van der Waals surface area contributed by atoms with Gasteiger partial charge in [0.2, 0.25) is 10.0 Å². The van der Waals surface area contributed by atoms with E-state index in [0.29, 0.717) is 12.1 Å². The number of carbonyl (C=O) groups excluding carboxylic acids is 1. The van der Waals surface area contributed by atoms with E-state index in [4.69, 9.17) is 0 Å². The normalized spacial score (nSPS) is 12.8. The van der Waals surface area contributed by atoms with E-state index in [0.717, 1.165) is 0 Å². The Morgan fingerprint density at radius 2 is 2.05 bits per heavy atom. The topological polar surface area (TPSA) is 90.3 Å². The first kappa shape index (κ1) is 16.2. The van der Waals surface area contributed by atoms with Gasteiger partial charge in [-0.25, -0.2) is 22.9 Å². The van der Waals surface area contributed by atoms with Crippen molar-refractivity contribution in [2.24, 2.45) is 0 Å². The van der Waals surface area contributed by atoms with Gasteiger partial charge in [-0.05, 0) is 31.2 Å². The van der Waals surface area contributed by atoms with Gasteiger partial charge in [-0.15, -0.1) is 0 Å². The minimum Gasteiger partial charge on any atom is -0.465 e. The number of benzene rings is 1. The molecule has 0 amide bonds. The zero-order valence-corrected chi connectivity index (χ0v) is 13.1. The maximum Gasteiger partial charge on any atom is 0.337 e. The first-order valence-electron chi connectivity index (χ1n) is 6.59. The van der Waals surface area contributed by atoms with Gasteiger partial charge in [0.1, 0.15) is 0 Å². The third kappa shape index (κ3) is 3.92. The molecule has 0 saturated heterocycles. The number of ether oxygens (including phenoxy) is 1. The molecular formula is C14H17N3O4S. The van der Waals surface area contributed by atoms with Crippen LogP contribution in [0.25, 0.3) is 0 Å². The zero-order chi connectivity index (χ0) is 16.2. The predicted octanol–water partition coefficient (Wildman–Crippen LogP) is 1.04. The van der Waals surface area contributed by atoms with E-state index in [-0.39, 0.29) is 10.9 Å². The van der Waals surface area contributed by atoms with Crippen LogP contribution in [0.5, 0.6) is 0 Å². The Balaban J connectivity index is 2.07. The van der Waals surface area contributed by atoms with Crippen LogP contribution < -0.4 is 4.72 Å². The van der Waals surface area contributed by atoms with Gasteiger partial charge in [0, 0.05) is 25.0 Å². The number of nitrogens with zero attached hydrogens (tertiary/aromatic N) is 2. The fourth-order valence-corrected chi connectivity index (χ4v) is 3.20. The van der Waals surface area contributed by atoms with Crippen molar-refractivity contribution in [2.75, 3.05) is 7.11 Å². The van der Waals surface area contributed by atoms with Crippen LogP contribution in [0.4, 0.5) is 0 Å². The van der Waals surface area contributed by atoms with Crippen molar-refractivity contribution in [1.29, 1.82) is 0 Å². The van der Waals surface area contributed by atoms with Crippen molar-refractivity contribution in [3.05, 3.63) is 48.5 Å². The summed E-state index contributed by atoms with van der Waals surface area (Å²) in [4.78, 5) is 15.3. The van der Waals surface area contributed by atoms with Crippen LogP contribution in [0, 0.1) is 0 Å². The summed E-state index contributed by atoms with van der Waals surface area (Å²) in [5, 5.41) is 0. The van der Waals surface area contributed by atoms with Crippen LogP contribution in [0.3, 0.4) is 0 Å². The van der Waals surface area contributed by atoms with Crippen molar-refractivity contribution in [1.82, 2.24) is 14.3 Å². The lowest BCUT2D eigenvalue weighted by molar-refractivity contribution is 0.0600. The first-order chi connectivity index (χ1) is 10.4. The summed E-state index contributed by atoms with van der Waals surface area (Å²) in [6.07, 6.45) is 5.01. The van der Waals surface area contributed by atoms with Gasteiger partial charge in [-0.1, -0.05) is 0 Å². The summed E-state index contributed by atoms with van der Waals surface area (Å²) in [6.45, 7) is 2.24. The number of nitrogens with one attached hydrogen (secondary N) is 1. The molecule has 1 N–H and O–H groups in total. The standard InChI is InChI=1S/C14H17N3O4S/c1-11(9-17-8-7-15-10-17)16-22(19,20)13-5-3-12(4-6-13)14(18)21-2/h3-8,10-11,16H,9H2,1-2H3/t11-/m0/s1. The minimum atomic E-state index is -3.65. The predicted molar refractivity (Wildman–Crippen MR) is 79.8 cm³/mol. The van der Waals surface area contributed by atoms with E-state index in [1.54, 1.807) is 30.2 Å². The van der Waals surface area contributed by atoms with E-state index in [9.17, 15) is 13.2 Å². The molecule has 2 rings (SSSR count). The van der Waals surface area contributed by atoms with Crippen molar-refractivity contribution in [2.45, 2.75) is 24.4 Å². The van der Waals surface area contributed by atoms with Gasteiger partial charge in [0.05, 0.1) is 23.9 Å². The van der Waals surface area contributed by atoms with E-state index < -0.39 is 16.0 Å². The summed E-state index contributed by atoms with van der Waals surface area (Å²) in [5.74, 6) is -0.509. The summed E-state index contributed by atoms with van der Waals surface area (Å²) in [6, 6.07) is 5.28. The highest BCUT2D eigenvalue weighted by molar-refractivity contribution is 7.89. The number of hydrogen-bond acceptors (Lipinski definition) is 5. The Kier molecular flexibility index (Phi) is 4.94. The van der Waals surface area contributed by atoms with Gasteiger partial charge in [-0.2, -0.15) is 0 Å². The van der Waals surface area contributed by atoms with Crippen LogP contribution in [0.2, 0.25) is 0 Å². The number of methoxy groups -OCH3 is 1. The smallest absolute Gasteiger partial charge is 0.337 e. The number of rotatable bonds is 6. The SMILES string of the molecule is COC(=O)c1ccc(S(=O)(=O)N[C@@H](C)Cn2ccnc2)cc1. The molecule has 7 nitrogen and oxygen atoms in total. The number of aromatic nitrogens is 2. The van der Waals surface area contributed by atoms with Gasteiger partial charge < -0.3 is 9.30 Å². The highest BCUT2D eigenvalue weighted by Gasteiger charge is 2.18. The van der Waals surface area contributed by atoms with Crippen LogP contribution in [-0.2, 0) is 21.3 Å². The first-order valence-corrected chi connectivity index (χ1v) is 8.07. The van der Waals surface area contributed by atoms with Gasteiger partial charge in [0.25, 0.3) is 0 Å². The molecule has 1 atom stereocenters. The Bertz CT molecular complexity index is 724. The van der Waals surface area contributed by atoms with Crippen molar-refractivity contribution < 1.29 is 17.9 Å². The molecule has 118 valence electrons. The maximum atomic E-state index is 12.3. The fraction of sp³-hybridized carbons (Fsp3) is 0.286. The lowest BCUT2D eigenvalue weighted by Gasteiger charge is -2.14. The molecule has 2 aromatic rings. The molecule has 1 aromatic heterocycles. The van der Waals surface area contributed by atoms with Crippen LogP contribution in [0.1, 0.15) is 17.3 Å². The quantitative estimate of drug-likeness (QED) is 0.802. The number of esters is 1. The van der Waals surface area contributed by atoms with Gasteiger partial charge in [-0.3, -0.25) is 0 Å². The Morgan fingerprint density at radius 3 is 2.59 bits per heavy atom. The summed E-state index contributed by atoms with van der Waals surface area (Å²) >= 11 is 0. The largest absolute Gasteiger partial charge is 0.465 e. The summed E-state index contributed by atoms with van der Waals surface area (Å²) in [5.41, 5.74) is 0.299. The number of carbonyl (C=O) groups is 1. The molecule has 22 heavy (non-hydrogen) atoms.